The highest BCUT2D eigenvalue weighted by Gasteiger charge is 2.28. The van der Waals surface area contributed by atoms with Gasteiger partial charge in [-0.05, 0) is 40.8 Å². The zero-order valence-corrected chi connectivity index (χ0v) is 12.5. The predicted octanol–water partition coefficient (Wildman–Crippen LogP) is 2.04. The van der Waals surface area contributed by atoms with Crippen LogP contribution in [0.2, 0.25) is 0 Å². The van der Waals surface area contributed by atoms with E-state index in [2.05, 4.69) is 28.9 Å². The summed E-state index contributed by atoms with van der Waals surface area (Å²) in [6.07, 6.45) is 2.06. The maximum Gasteiger partial charge on any atom is 0.186 e. The van der Waals surface area contributed by atoms with Crippen LogP contribution >= 0.6 is 11.3 Å². The summed E-state index contributed by atoms with van der Waals surface area (Å²) in [5.41, 5.74) is 0.973. The number of likely N-dealkylation sites (N-methyl/N-ethyl adjacent to an activating group) is 1. The van der Waals surface area contributed by atoms with E-state index < -0.39 is 6.10 Å². The van der Waals surface area contributed by atoms with Gasteiger partial charge in [-0.3, -0.25) is 0 Å². The molecule has 102 valence electrons. The number of aromatic nitrogens is 1. The van der Waals surface area contributed by atoms with Crippen LogP contribution in [0.25, 0.3) is 0 Å². The van der Waals surface area contributed by atoms with Crippen LogP contribution in [-0.4, -0.2) is 48.2 Å². The molecule has 1 aromatic heterocycles. The van der Waals surface area contributed by atoms with Crippen molar-refractivity contribution in [3.05, 3.63) is 10.6 Å². The number of nitrogens with zero attached hydrogens (tertiary/aromatic N) is 3. The molecule has 0 radical (unpaired) electrons. The monoisotopic (exact) mass is 269 g/mol. The zero-order valence-electron chi connectivity index (χ0n) is 11.7. The van der Waals surface area contributed by atoms with Crippen LogP contribution in [0.3, 0.4) is 0 Å². The SMILES string of the molecule is Cc1nc(N2CCCC2CN(C)C)sc1C(C)O. The highest BCUT2D eigenvalue weighted by molar-refractivity contribution is 7.15. The van der Waals surface area contributed by atoms with Gasteiger partial charge in [-0.2, -0.15) is 0 Å². The van der Waals surface area contributed by atoms with Crippen LogP contribution in [-0.2, 0) is 0 Å². The molecule has 1 aliphatic rings. The minimum absolute atomic E-state index is 0.411. The second-order valence-corrected chi connectivity index (χ2v) is 6.38. The van der Waals surface area contributed by atoms with Crippen molar-refractivity contribution in [2.75, 3.05) is 32.1 Å². The summed E-state index contributed by atoms with van der Waals surface area (Å²) in [5.74, 6) is 0. The molecule has 1 saturated heterocycles. The number of aliphatic hydroxyl groups is 1. The van der Waals surface area contributed by atoms with Gasteiger partial charge in [0.2, 0.25) is 0 Å². The molecule has 0 bridgehead atoms. The first-order valence-electron chi connectivity index (χ1n) is 6.55. The molecule has 0 spiro atoms. The molecule has 5 heteroatoms. The quantitative estimate of drug-likeness (QED) is 0.908. The van der Waals surface area contributed by atoms with Gasteiger partial charge in [0.05, 0.1) is 16.7 Å². The van der Waals surface area contributed by atoms with Gasteiger partial charge in [-0.15, -0.1) is 0 Å². The highest BCUT2D eigenvalue weighted by Crippen LogP contribution is 2.34. The van der Waals surface area contributed by atoms with E-state index in [4.69, 9.17) is 0 Å². The maximum atomic E-state index is 9.72. The molecule has 18 heavy (non-hydrogen) atoms. The normalized spacial score (nSPS) is 21.9. The number of aryl methyl sites for hydroxylation is 1. The molecule has 1 aromatic rings. The Kier molecular flexibility index (Phi) is 4.25. The molecular weight excluding hydrogens is 246 g/mol. The van der Waals surface area contributed by atoms with Crippen LogP contribution < -0.4 is 4.90 Å². The van der Waals surface area contributed by atoms with Crippen LogP contribution in [0.5, 0.6) is 0 Å². The number of thiazole rings is 1. The van der Waals surface area contributed by atoms with Gasteiger partial charge in [0.25, 0.3) is 0 Å². The fourth-order valence-corrected chi connectivity index (χ4v) is 3.70. The van der Waals surface area contributed by atoms with Crippen LogP contribution in [0.4, 0.5) is 5.13 Å². The summed E-state index contributed by atoms with van der Waals surface area (Å²) in [6.45, 7) is 5.96. The van der Waals surface area contributed by atoms with Gasteiger partial charge >= 0.3 is 0 Å². The van der Waals surface area contributed by atoms with Crippen LogP contribution in [0.15, 0.2) is 0 Å². The average molecular weight is 269 g/mol. The van der Waals surface area contributed by atoms with Crippen molar-refractivity contribution in [3.8, 4) is 0 Å². The van der Waals surface area contributed by atoms with Crippen molar-refractivity contribution < 1.29 is 5.11 Å². The summed E-state index contributed by atoms with van der Waals surface area (Å²) >= 11 is 1.64. The number of anilines is 1. The molecule has 0 aliphatic carbocycles. The third-order valence-electron chi connectivity index (χ3n) is 3.40. The lowest BCUT2D eigenvalue weighted by Crippen LogP contribution is -2.37. The van der Waals surface area contributed by atoms with Gasteiger partial charge in [-0.1, -0.05) is 11.3 Å². The summed E-state index contributed by atoms with van der Waals surface area (Å²) in [4.78, 5) is 10.3. The van der Waals surface area contributed by atoms with Crippen LogP contribution in [0.1, 0.15) is 36.4 Å². The summed E-state index contributed by atoms with van der Waals surface area (Å²) in [5, 5.41) is 10.8. The Hall–Kier alpha value is -0.650. The number of aliphatic hydroxyl groups excluding tert-OH is 1. The molecule has 0 amide bonds. The first-order chi connectivity index (χ1) is 8.49. The summed E-state index contributed by atoms with van der Waals surface area (Å²) in [7, 11) is 4.23. The van der Waals surface area contributed by atoms with Gasteiger partial charge in [-0.25, -0.2) is 4.98 Å². The van der Waals surface area contributed by atoms with Crippen molar-refractivity contribution in [2.24, 2.45) is 0 Å². The topological polar surface area (TPSA) is 39.6 Å². The van der Waals surface area contributed by atoms with Crippen molar-refractivity contribution in [1.82, 2.24) is 9.88 Å². The van der Waals surface area contributed by atoms with E-state index in [-0.39, 0.29) is 0 Å². The largest absolute Gasteiger partial charge is 0.388 e. The minimum Gasteiger partial charge on any atom is -0.388 e. The lowest BCUT2D eigenvalue weighted by atomic mass is 10.2. The second kappa shape index (κ2) is 5.55. The van der Waals surface area contributed by atoms with Gasteiger partial charge < -0.3 is 14.9 Å². The molecular formula is C13H23N3OS. The van der Waals surface area contributed by atoms with Gasteiger partial charge in [0, 0.05) is 19.1 Å². The number of rotatable bonds is 4. The van der Waals surface area contributed by atoms with E-state index in [9.17, 15) is 5.11 Å². The Labute approximate surface area is 113 Å². The fraction of sp³-hybridized carbons (Fsp3) is 0.769. The highest BCUT2D eigenvalue weighted by atomic mass is 32.1. The van der Waals surface area contributed by atoms with Gasteiger partial charge in [0.15, 0.2) is 5.13 Å². The zero-order chi connectivity index (χ0) is 13.3. The third kappa shape index (κ3) is 2.84. The van der Waals surface area contributed by atoms with Gasteiger partial charge in [0.1, 0.15) is 0 Å². The Morgan fingerprint density at radius 3 is 2.83 bits per heavy atom. The van der Waals surface area contributed by atoms with Crippen molar-refractivity contribution in [3.63, 3.8) is 0 Å². The summed E-state index contributed by atoms with van der Waals surface area (Å²) in [6, 6.07) is 0.562. The Morgan fingerprint density at radius 2 is 2.28 bits per heavy atom. The Bertz CT molecular complexity index is 403. The first kappa shape index (κ1) is 13.8. The summed E-state index contributed by atoms with van der Waals surface area (Å²) < 4.78 is 0. The Balaban J connectivity index is 2.17. The molecule has 2 unspecified atom stereocenters. The van der Waals surface area contributed by atoms with Crippen molar-refractivity contribution >= 4 is 16.5 Å². The molecule has 4 nitrogen and oxygen atoms in total. The predicted molar refractivity (Wildman–Crippen MR) is 76.4 cm³/mol. The van der Waals surface area contributed by atoms with E-state index in [1.807, 2.05) is 13.8 Å². The Morgan fingerprint density at radius 1 is 1.56 bits per heavy atom. The maximum absolute atomic E-state index is 9.72. The molecule has 1 aliphatic heterocycles. The first-order valence-corrected chi connectivity index (χ1v) is 7.37. The lowest BCUT2D eigenvalue weighted by molar-refractivity contribution is 0.202. The number of hydrogen-bond donors (Lipinski definition) is 1. The van der Waals surface area contributed by atoms with Crippen molar-refractivity contribution in [2.45, 2.75) is 38.8 Å². The third-order valence-corrected chi connectivity index (χ3v) is 4.76. The second-order valence-electron chi connectivity index (χ2n) is 5.37. The van der Waals surface area contributed by atoms with Crippen molar-refractivity contribution in [1.29, 1.82) is 0 Å². The lowest BCUT2D eigenvalue weighted by Gasteiger charge is -2.26. The molecule has 2 rings (SSSR count). The molecule has 0 aromatic carbocycles. The van der Waals surface area contributed by atoms with E-state index in [1.165, 1.54) is 12.8 Å². The molecule has 1 N–H and O–H groups in total. The fourth-order valence-electron chi connectivity index (χ4n) is 2.60. The minimum atomic E-state index is -0.411. The standard InChI is InChI=1S/C13H23N3OS/c1-9-12(10(2)17)18-13(14-9)16-7-5-6-11(16)8-15(3)4/h10-11,17H,5-8H2,1-4H3. The van der Waals surface area contributed by atoms with E-state index in [0.717, 1.165) is 28.8 Å². The van der Waals surface area contributed by atoms with E-state index in [0.29, 0.717) is 6.04 Å². The molecule has 0 saturated carbocycles. The average Bonchev–Trinajstić information content (AvgIpc) is 2.83. The van der Waals surface area contributed by atoms with E-state index in [1.54, 1.807) is 11.3 Å². The smallest absolute Gasteiger partial charge is 0.186 e. The van der Waals surface area contributed by atoms with E-state index >= 15 is 0 Å². The number of hydrogen-bond acceptors (Lipinski definition) is 5. The molecule has 2 heterocycles. The molecule has 2 atom stereocenters. The van der Waals surface area contributed by atoms with Crippen LogP contribution in [0, 0.1) is 6.92 Å². The molecule has 1 fully saturated rings.